The maximum atomic E-state index is 5.56. The van der Waals surface area contributed by atoms with E-state index < -0.39 is 0 Å². The maximum absolute atomic E-state index is 5.56. The molecule has 0 aromatic heterocycles. The lowest BCUT2D eigenvalue weighted by Gasteiger charge is -2.31. The van der Waals surface area contributed by atoms with Crippen molar-refractivity contribution in [2.45, 2.75) is 44.4 Å². The number of methoxy groups -OCH3 is 2. The minimum absolute atomic E-state index is 0.345. The molecule has 1 fully saturated rings. The molecule has 2 rings (SSSR count). The second-order valence-corrected chi connectivity index (χ2v) is 4.94. The van der Waals surface area contributed by atoms with Gasteiger partial charge in [-0.2, -0.15) is 0 Å². The van der Waals surface area contributed by atoms with Gasteiger partial charge in [0.25, 0.3) is 0 Å². The van der Waals surface area contributed by atoms with E-state index in [-0.39, 0.29) is 0 Å². The Hall–Kier alpha value is -1.06. The Morgan fingerprint density at radius 2 is 1.83 bits per heavy atom. The minimum Gasteiger partial charge on any atom is -0.380 e. The molecule has 3 nitrogen and oxygen atoms in total. The molecule has 2 unspecified atom stereocenters. The summed E-state index contributed by atoms with van der Waals surface area (Å²) in [6, 6.07) is 8.90. The van der Waals surface area contributed by atoms with Crippen molar-refractivity contribution in [3.8, 4) is 0 Å². The van der Waals surface area contributed by atoms with Gasteiger partial charge in [0.15, 0.2) is 0 Å². The van der Waals surface area contributed by atoms with E-state index in [0.29, 0.717) is 18.8 Å². The molecule has 0 amide bonds. The van der Waals surface area contributed by atoms with Gasteiger partial charge in [-0.1, -0.05) is 25.0 Å². The van der Waals surface area contributed by atoms with Crippen LogP contribution in [0.4, 0.5) is 5.69 Å². The summed E-state index contributed by atoms with van der Waals surface area (Å²) >= 11 is 0. The van der Waals surface area contributed by atoms with Gasteiger partial charge in [-0.25, -0.2) is 0 Å². The number of hydrogen-bond donors (Lipinski definition) is 1. The van der Waals surface area contributed by atoms with Gasteiger partial charge in [0.1, 0.15) is 0 Å². The zero-order valence-corrected chi connectivity index (χ0v) is 11.3. The highest BCUT2D eigenvalue weighted by Crippen LogP contribution is 2.24. The molecule has 1 aromatic rings. The van der Waals surface area contributed by atoms with Crippen molar-refractivity contribution in [1.82, 2.24) is 0 Å². The van der Waals surface area contributed by atoms with Crippen molar-refractivity contribution < 1.29 is 9.47 Å². The summed E-state index contributed by atoms with van der Waals surface area (Å²) < 4.78 is 10.7. The van der Waals surface area contributed by atoms with Crippen molar-refractivity contribution in [3.63, 3.8) is 0 Å². The van der Waals surface area contributed by atoms with E-state index in [1.807, 2.05) is 7.11 Å². The first kappa shape index (κ1) is 13.4. The van der Waals surface area contributed by atoms with Crippen LogP contribution in [-0.4, -0.2) is 26.4 Å². The molecule has 18 heavy (non-hydrogen) atoms. The van der Waals surface area contributed by atoms with Crippen molar-refractivity contribution in [1.29, 1.82) is 0 Å². The Labute approximate surface area is 109 Å². The van der Waals surface area contributed by atoms with Crippen molar-refractivity contribution in [2.24, 2.45) is 0 Å². The molecule has 1 aliphatic carbocycles. The lowest BCUT2D eigenvalue weighted by molar-refractivity contribution is 0.0606. The van der Waals surface area contributed by atoms with Gasteiger partial charge in [-0.15, -0.1) is 0 Å². The molecule has 1 saturated carbocycles. The summed E-state index contributed by atoms with van der Waals surface area (Å²) in [5.41, 5.74) is 2.37. The lowest BCUT2D eigenvalue weighted by atomic mass is 9.92. The van der Waals surface area contributed by atoms with Gasteiger partial charge in [0, 0.05) is 19.9 Å². The minimum atomic E-state index is 0.345. The van der Waals surface area contributed by atoms with E-state index >= 15 is 0 Å². The highest BCUT2D eigenvalue weighted by Gasteiger charge is 2.24. The van der Waals surface area contributed by atoms with Gasteiger partial charge >= 0.3 is 0 Å². The largest absolute Gasteiger partial charge is 0.380 e. The van der Waals surface area contributed by atoms with Gasteiger partial charge in [-0.05, 0) is 30.5 Å². The predicted molar refractivity (Wildman–Crippen MR) is 73.8 cm³/mol. The summed E-state index contributed by atoms with van der Waals surface area (Å²) in [6.07, 6.45) is 5.27. The molecule has 0 bridgehead atoms. The van der Waals surface area contributed by atoms with Gasteiger partial charge in [-0.3, -0.25) is 0 Å². The van der Waals surface area contributed by atoms with E-state index in [0.717, 1.165) is 6.42 Å². The number of hydrogen-bond acceptors (Lipinski definition) is 3. The van der Waals surface area contributed by atoms with Crippen molar-refractivity contribution >= 4 is 5.69 Å². The van der Waals surface area contributed by atoms with Crippen LogP contribution in [-0.2, 0) is 16.1 Å². The first-order valence-electron chi connectivity index (χ1n) is 6.70. The van der Waals surface area contributed by atoms with E-state index in [9.17, 15) is 0 Å². The molecule has 0 saturated heterocycles. The third kappa shape index (κ3) is 3.47. The lowest BCUT2D eigenvalue weighted by Crippen LogP contribution is -2.37. The number of rotatable bonds is 5. The van der Waals surface area contributed by atoms with Crippen LogP contribution in [0.3, 0.4) is 0 Å². The normalized spacial score (nSPS) is 23.9. The Kier molecular flexibility index (Phi) is 5.02. The summed E-state index contributed by atoms with van der Waals surface area (Å²) in [7, 11) is 3.53. The van der Waals surface area contributed by atoms with Crippen LogP contribution in [0.2, 0.25) is 0 Å². The van der Waals surface area contributed by atoms with Crippen LogP contribution >= 0.6 is 0 Å². The topological polar surface area (TPSA) is 30.5 Å². The molecule has 0 spiro atoms. The fourth-order valence-electron chi connectivity index (χ4n) is 2.62. The first-order chi connectivity index (χ1) is 8.83. The summed E-state index contributed by atoms with van der Waals surface area (Å²) in [5.74, 6) is 0. The average molecular weight is 249 g/mol. The molecule has 100 valence electrons. The van der Waals surface area contributed by atoms with Gasteiger partial charge < -0.3 is 14.8 Å². The van der Waals surface area contributed by atoms with Crippen LogP contribution in [0.15, 0.2) is 24.3 Å². The smallest absolute Gasteiger partial charge is 0.0772 e. The third-order valence-electron chi connectivity index (χ3n) is 3.62. The van der Waals surface area contributed by atoms with Gasteiger partial charge in [0.05, 0.1) is 18.8 Å². The molecule has 1 aliphatic rings. The maximum Gasteiger partial charge on any atom is 0.0772 e. The zero-order chi connectivity index (χ0) is 12.8. The quantitative estimate of drug-likeness (QED) is 0.869. The van der Waals surface area contributed by atoms with Crippen LogP contribution < -0.4 is 5.32 Å². The van der Waals surface area contributed by atoms with E-state index in [1.54, 1.807) is 7.11 Å². The summed E-state index contributed by atoms with van der Waals surface area (Å²) in [4.78, 5) is 0. The van der Waals surface area contributed by atoms with E-state index in [2.05, 4.69) is 29.6 Å². The Balaban J connectivity index is 1.95. The molecule has 1 aromatic carbocycles. The van der Waals surface area contributed by atoms with Gasteiger partial charge in [0.2, 0.25) is 0 Å². The molecule has 2 atom stereocenters. The fourth-order valence-corrected chi connectivity index (χ4v) is 2.62. The molecule has 0 aliphatic heterocycles. The Bertz CT molecular complexity index is 350. The standard InChI is InChI=1S/C15H23NO2/c1-17-11-12-7-9-13(10-8-12)16-14-5-3-4-6-15(14)18-2/h7-10,14-16H,3-6,11H2,1-2H3. The van der Waals surface area contributed by atoms with Crippen LogP contribution in [0.1, 0.15) is 31.2 Å². The summed E-state index contributed by atoms with van der Waals surface area (Å²) in [5, 5.41) is 3.59. The van der Waals surface area contributed by atoms with E-state index in [1.165, 1.54) is 30.5 Å². The zero-order valence-electron chi connectivity index (χ0n) is 11.3. The SMILES string of the molecule is COCc1ccc(NC2CCCCC2OC)cc1. The molecule has 0 radical (unpaired) electrons. The third-order valence-corrected chi connectivity index (χ3v) is 3.62. The molecular formula is C15H23NO2. The molecule has 0 heterocycles. The Morgan fingerprint density at radius 3 is 2.50 bits per heavy atom. The first-order valence-corrected chi connectivity index (χ1v) is 6.70. The number of anilines is 1. The summed E-state index contributed by atoms with van der Waals surface area (Å²) in [6.45, 7) is 0.671. The second-order valence-electron chi connectivity index (χ2n) is 4.94. The van der Waals surface area contributed by atoms with Crippen LogP contribution in [0, 0.1) is 0 Å². The fraction of sp³-hybridized carbons (Fsp3) is 0.600. The number of benzene rings is 1. The number of nitrogens with one attached hydrogen (secondary N) is 1. The molecular weight excluding hydrogens is 226 g/mol. The average Bonchev–Trinajstić information content (AvgIpc) is 2.42. The van der Waals surface area contributed by atoms with E-state index in [4.69, 9.17) is 9.47 Å². The highest BCUT2D eigenvalue weighted by atomic mass is 16.5. The van der Waals surface area contributed by atoms with Crippen molar-refractivity contribution in [2.75, 3.05) is 19.5 Å². The van der Waals surface area contributed by atoms with Crippen LogP contribution in [0.5, 0.6) is 0 Å². The predicted octanol–water partition coefficient (Wildman–Crippen LogP) is 3.20. The monoisotopic (exact) mass is 249 g/mol. The van der Waals surface area contributed by atoms with Crippen molar-refractivity contribution in [3.05, 3.63) is 29.8 Å². The van der Waals surface area contributed by atoms with Crippen LogP contribution in [0.25, 0.3) is 0 Å². The number of ether oxygens (including phenoxy) is 2. The molecule has 3 heteroatoms. The highest BCUT2D eigenvalue weighted by molar-refractivity contribution is 5.45. The second kappa shape index (κ2) is 6.76. The Morgan fingerprint density at radius 1 is 1.11 bits per heavy atom. The molecule has 1 N–H and O–H groups in total.